The molecule has 0 saturated carbocycles. The summed E-state index contributed by atoms with van der Waals surface area (Å²) in [5, 5.41) is 8.85. The summed E-state index contributed by atoms with van der Waals surface area (Å²) >= 11 is 0. The average molecular weight is 227 g/mol. The Labute approximate surface area is 94.4 Å². The molecule has 1 aliphatic rings. The number of carboxylic acid groups (broad SMARTS) is 1. The summed E-state index contributed by atoms with van der Waals surface area (Å²) in [7, 11) is 0. The largest absolute Gasteiger partial charge is 0.481 e. The zero-order chi connectivity index (χ0) is 12.1. The quantitative estimate of drug-likeness (QED) is 0.778. The normalized spacial score (nSPS) is 20.9. The lowest BCUT2D eigenvalue weighted by Gasteiger charge is -2.28. The van der Waals surface area contributed by atoms with Gasteiger partial charge in [0.2, 0.25) is 11.8 Å². The highest BCUT2D eigenvalue weighted by Gasteiger charge is 2.33. The highest BCUT2D eigenvalue weighted by atomic mass is 16.4. The number of piperidine rings is 1. The van der Waals surface area contributed by atoms with Crippen LogP contribution in [-0.4, -0.2) is 34.3 Å². The van der Waals surface area contributed by atoms with Crippen LogP contribution < -0.4 is 0 Å². The molecule has 5 nitrogen and oxygen atoms in total. The molecule has 0 aromatic rings. The standard InChI is InChI=1S/C11H17NO4/c1-2-3-4-9(13)12-7-8(11(15)16)5-6-10(12)14/h8H,2-7H2,1H3,(H,15,16). The number of rotatable bonds is 4. The van der Waals surface area contributed by atoms with Crippen molar-refractivity contribution >= 4 is 17.8 Å². The summed E-state index contributed by atoms with van der Waals surface area (Å²) in [6, 6.07) is 0. The number of carboxylic acids is 1. The number of hydrogen-bond acceptors (Lipinski definition) is 3. The second-order valence-electron chi connectivity index (χ2n) is 4.08. The minimum absolute atomic E-state index is 0.0384. The van der Waals surface area contributed by atoms with Gasteiger partial charge in [-0.15, -0.1) is 0 Å². The van der Waals surface area contributed by atoms with Crippen LogP contribution in [0.15, 0.2) is 0 Å². The van der Waals surface area contributed by atoms with Crippen LogP contribution in [0.3, 0.4) is 0 Å². The molecule has 1 atom stereocenters. The van der Waals surface area contributed by atoms with E-state index in [9.17, 15) is 14.4 Å². The van der Waals surface area contributed by atoms with E-state index in [1.54, 1.807) is 0 Å². The Hall–Kier alpha value is -1.39. The van der Waals surface area contributed by atoms with Crippen molar-refractivity contribution in [3.05, 3.63) is 0 Å². The van der Waals surface area contributed by atoms with Gasteiger partial charge in [-0.1, -0.05) is 13.3 Å². The van der Waals surface area contributed by atoms with Gasteiger partial charge in [0.15, 0.2) is 0 Å². The summed E-state index contributed by atoms with van der Waals surface area (Å²) in [5.41, 5.74) is 0. The zero-order valence-electron chi connectivity index (χ0n) is 9.44. The molecular weight excluding hydrogens is 210 g/mol. The van der Waals surface area contributed by atoms with Gasteiger partial charge in [0.25, 0.3) is 0 Å². The molecule has 0 aliphatic carbocycles. The average Bonchev–Trinajstić information content (AvgIpc) is 2.26. The van der Waals surface area contributed by atoms with Crippen molar-refractivity contribution in [2.24, 2.45) is 5.92 Å². The maximum Gasteiger partial charge on any atom is 0.308 e. The lowest BCUT2D eigenvalue weighted by Crippen LogP contribution is -2.45. The first kappa shape index (κ1) is 12.7. The van der Waals surface area contributed by atoms with Crippen molar-refractivity contribution in [1.82, 2.24) is 4.90 Å². The van der Waals surface area contributed by atoms with Crippen molar-refractivity contribution in [3.8, 4) is 0 Å². The number of carbonyl (C=O) groups is 3. The molecule has 90 valence electrons. The highest BCUT2D eigenvalue weighted by Crippen LogP contribution is 2.19. The van der Waals surface area contributed by atoms with E-state index in [0.717, 1.165) is 17.7 Å². The van der Waals surface area contributed by atoms with E-state index < -0.39 is 11.9 Å². The van der Waals surface area contributed by atoms with Gasteiger partial charge in [-0.05, 0) is 12.8 Å². The minimum atomic E-state index is -0.930. The number of hydrogen-bond donors (Lipinski definition) is 1. The topological polar surface area (TPSA) is 74.7 Å². The maximum absolute atomic E-state index is 11.6. The zero-order valence-corrected chi connectivity index (χ0v) is 9.44. The Morgan fingerprint density at radius 1 is 1.50 bits per heavy atom. The van der Waals surface area contributed by atoms with Gasteiger partial charge in [-0.2, -0.15) is 0 Å². The highest BCUT2D eigenvalue weighted by molar-refractivity contribution is 5.96. The molecule has 16 heavy (non-hydrogen) atoms. The van der Waals surface area contributed by atoms with Crippen LogP contribution >= 0.6 is 0 Å². The first-order chi connectivity index (χ1) is 7.56. The molecule has 1 fully saturated rings. The molecule has 1 N–H and O–H groups in total. The van der Waals surface area contributed by atoms with Crippen molar-refractivity contribution in [3.63, 3.8) is 0 Å². The first-order valence-corrected chi connectivity index (χ1v) is 5.62. The molecule has 5 heteroatoms. The van der Waals surface area contributed by atoms with Gasteiger partial charge >= 0.3 is 5.97 Å². The fraction of sp³-hybridized carbons (Fsp3) is 0.727. The number of amides is 2. The number of unbranched alkanes of at least 4 members (excludes halogenated alkanes) is 1. The second kappa shape index (κ2) is 5.63. The summed E-state index contributed by atoms with van der Waals surface area (Å²) in [6.45, 7) is 2.00. The Kier molecular flexibility index (Phi) is 4.46. The predicted molar refractivity (Wildman–Crippen MR) is 56.6 cm³/mol. The molecule has 0 spiro atoms. The molecule has 1 rings (SSSR count). The molecule has 0 radical (unpaired) electrons. The maximum atomic E-state index is 11.6. The Morgan fingerprint density at radius 2 is 2.19 bits per heavy atom. The third kappa shape index (κ3) is 3.05. The molecule has 1 saturated heterocycles. The fourth-order valence-corrected chi connectivity index (χ4v) is 1.75. The van der Waals surface area contributed by atoms with E-state index >= 15 is 0 Å². The van der Waals surface area contributed by atoms with Gasteiger partial charge in [-0.3, -0.25) is 19.3 Å². The van der Waals surface area contributed by atoms with Gasteiger partial charge in [0.05, 0.1) is 5.92 Å². The monoisotopic (exact) mass is 227 g/mol. The summed E-state index contributed by atoms with van der Waals surface area (Å²) in [4.78, 5) is 35.0. The summed E-state index contributed by atoms with van der Waals surface area (Å²) < 4.78 is 0. The number of nitrogens with zero attached hydrogens (tertiary/aromatic N) is 1. The molecule has 2 amide bonds. The van der Waals surface area contributed by atoms with Crippen LogP contribution in [0.1, 0.15) is 39.0 Å². The van der Waals surface area contributed by atoms with E-state index in [1.165, 1.54) is 0 Å². The lowest BCUT2D eigenvalue weighted by molar-refractivity contribution is -0.152. The molecule has 1 heterocycles. The van der Waals surface area contributed by atoms with Crippen LogP contribution in [0.4, 0.5) is 0 Å². The van der Waals surface area contributed by atoms with E-state index in [-0.39, 0.29) is 24.8 Å². The minimum Gasteiger partial charge on any atom is -0.481 e. The van der Waals surface area contributed by atoms with Crippen LogP contribution in [0.5, 0.6) is 0 Å². The number of likely N-dealkylation sites (tertiary alicyclic amines) is 1. The van der Waals surface area contributed by atoms with Crippen LogP contribution in [0, 0.1) is 5.92 Å². The van der Waals surface area contributed by atoms with Gasteiger partial charge in [-0.25, -0.2) is 0 Å². The molecule has 0 bridgehead atoms. The molecule has 1 unspecified atom stereocenters. The molecule has 0 aromatic heterocycles. The third-order valence-corrected chi connectivity index (χ3v) is 2.81. The van der Waals surface area contributed by atoms with Crippen LogP contribution in [-0.2, 0) is 14.4 Å². The Morgan fingerprint density at radius 3 is 2.75 bits per heavy atom. The Balaban J connectivity index is 2.58. The van der Waals surface area contributed by atoms with Gasteiger partial charge < -0.3 is 5.11 Å². The molecule has 1 aliphatic heterocycles. The van der Waals surface area contributed by atoms with Crippen LogP contribution in [0.2, 0.25) is 0 Å². The van der Waals surface area contributed by atoms with Crippen LogP contribution in [0.25, 0.3) is 0 Å². The third-order valence-electron chi connectivity index (χ3n) is 2.81. The van der Waals surface area contributed by atoms with E-state index in [1.807, 2.05) is 6.92 Å². The number of imide groups is 1. The fourth-order valence-electron chi connectivity index (χ4n) is 1.75. The SMILES string of the molecule is CCCCC(=O)N1CC(C(=O)O)CCC1=O. The summed E-state index contributed by atoms with van der Waals surface area (Å²) in [6.07, 6.45) is 2.45. The van der Waals surface area contributed by atoms with Crippen molar-refractivity contribution in [1.29, 1.82) is 0 Å². The number of aliphatic carboxylic acids is 1. The molecular formula is C11H17NO4. The smallest absolute Gasteiger partial charge is 0.308 e. The van der Waals surface area contributed by atoms with Crippen molar-refractivity contribution in [2.75, 3.05) is 6.54 Å². The van der Waals surface area contributed by atoms with Crippen molar-refractivity contribution < 1.29 is 19.5 Å². The predicted octanol–water partition coefficient (Wildman–Crippen LogP) is 1.03. The van der Waals surface area contributed by atoms with E-state index in [2.05, 4.69) is 0 Å². The Bertz CT molecular complexity index is 300. The second-order valence-corrected chi connectivity index (χ2v) is 4.08. The number of carbonyl (C=O) groups excluding carboxylic acids is 2. The van der Waals surface area contributed by atoms with E-state index in [4.69, 9.17) is 5.11 Å². The summed E-state index contributed by atoms with van der Waals surface area (Å²) in [5.74, 6) is -2.00. The van der Waals surface area contributed by atoms with Crippen molar-refractivity contribution in [2.45, 2.75) is 39.0 Å². The van der Waals surface area contributed by atoms with Gasteiger partial charge in [0, 0.05) is 19.4 Å². The van der Waals surface area contributed by atoms with E-state index in [0.29, 0.717) is 12.8 Å². The molecule has 0 aromatic carbocycles. The lowest BCUT2D eigenvalue weighted by atomic mass is 9.97. The first-order valence-electron chi connectivity index (χ1n) is 5.62. The van der Waals surface area contributed by atoms with Gasteiger partial charge in [0.1, 0.15) is 0 Å².